The Bertz CT molecular complexity index is 960. The smallest absolute Gasteiger partial charge is 0.255 e. The second-order valence-corrected chi connectivity index (χ2v) is 7.24. The van der Waals surface area contributed by atoms with E-state index in [0.717, 1.165) is 43.6 Å². The van der Waals surface area contributed by atoms with Gasteiger partial charge in [-0.15, -0.1) is 0 Å². The number of aryl methyl sites for hydroxylation is 1. The Kier molecular flexibility index (Phi) is 5.30. The molecule has 4 rings (SSSR count). The van der Waals surface area contributed by atoms with Crippen molar-refractivity contribution < 1.29 is 13.9 Å². The Morgan fingerprint density at radius 2 is 2.11 bits per heavy atom. The van der Waals surface area contributed by atoms with Crippen molar-refractivity contribution in [3.05, 3.63) is 59.6 Å². The number of carbonyl (C=O) groups is 1. The van der Waals surface area contributed by atoms with Crippen LogP contribution in [0.2, 0.25) is 0 Å². The number of methoxy groups -OCH3 is 1. The lowest BCUT2D eigenvalue weighted by atomic mass is 10.0. The van der Waals surface area contributed by atoms with E-state index in [9.17, 15) is 4.79 Å². The maximum atomic E-state index is 12.9. The molecule has 1 aliphatic heterocycles. The van der Waals surface area contributed by atoms with Crippen molar-refractivity contribution in [1.82, 2.24) is 15.2 Å². The predicted molar refractivity (Wildman–Crippen MR) is 108 cm³/mol. The number of aromatic nitrogens is 1. The molecule has 1 amide bonds. The minimum absolute atomic E-state index is 0.0762. The van der Waals surface area contributed by atoms with E-state index in [4.69, 9.17) is 9.15 Å². The molecular weight excluding hydrogens is 354 g/mol. The SMILES string of the molecule is COc1ccc2oc(C)c(C(=O)NC3CCN(Cc4ccccn4)CC3)c2c1. The number of furan rings is 1. The number of fused-ring (bicyclic) bond motifs is 1. The van der Waals surface area contributed by atoms with Crippen molar-refractivity contribution >= 4 is 16.9 Å². The third-order valence-corrected chi connectivity index (χ3v) is 5.33. The van der Waals surface area contributed by atoms with Crippen molar-refractivity contribution in [2.45, 2.75) is 32.4 Å². The Morgan fingerprint density at radius 3 is 2.82 bits per heavy atom. The van der Waals surface area contributed by atoms with Crippen molar-refractivity contribution in [3.8, 4) is 5.75 Å². The number of hydrogen-bond donors (Lipinski definition) is 1. The highest BCUT2D eigenvalue weighted by Crippen LogP contribution is 2.29. The maximum absolute atomic E-state index is 12.9. The summed E-state index contributed by atoms with van der Waals surface area (Å²) in [4.78, 5) is 19.7. The van der Waals surface area contributed by atoms with Crippen LogP contribution in [0.3, 0.4) is 0 Å². The lowest BCUT2D eigenvalue weighted by Crippen LogP contribution is -2.44. The van der Waals surface area contributed by atoms with E-state index in [1.165, 1.54) is 0 Å². The number of nitrogens with one attached hydrogen (secondary N) is 1. The third-order valence-electron chi connectivity index (χ3n) is 5.33. The zero-order valence-corrected chi connectivity index (χ0v) is 16.3. The second-order valence-electron chi connectivity index (χ2n) is 7.24. The molecule has 1 aliphatic rings. The monoisotopic (exact) mass is 379 g/mol. The summed E-state index contributed by atoms with van der Waals surface area (Å²) in [5, 5.41) is 3.99. The molecule has 1 saturated heterocycles. The summed E-state index contributed by atoms with van der Waals surface area (Å²) in [6.45, 7) is 4.57. The minimum Gasteiger partial charge on any atom is -0.497 e. The van der Waals surface area contributed by atoms with Gasteiger partial charge in [0.15, 0.2) is 0 Å². The van der Waals surface area contributed by atoms with E-state index in [2.05, 4.69) is 21.3 Å². The highest BCUT2D eigenvalue weighted by Gasteiger charge is 2.24. The number of likely N-dealkylation sites (tertiary alicyclic amines) is 1. The molecule has 2 aromatic heterocycles. The first kappa shape index (κ1) is 18.5. The Hall–Kier alpha value is -2.86. The molecule has 0 unspecified atom stereocenters. The minimum atomic E-state index is -0.0762. The average molecular weight is 379 g/mol. The fourth-order valence-corrected chi connectivity index (χ4v) is 3.82. The van der Waals surface area contributed by atoms with Gasteiger partial charge < -0.3 is 14.5 Å². The van der Waals surface area contributed by atoms with Gasteiger partial charge >= 0.3 is 0 Å². The Balaban J connectivity index is 1.40. The number of pyridine rings is 1. The molecule has 1 aromatic carbocycles. The summed E-state index contributed by atoms with van der Waals surface area (Å²) in [7, 11) is 1.62. The van der Waals surface area contributed by atoms with Gasteiger partial charge in [-0.1, -0.05) is 6.07 Å². The number of benzene rings is 1. The molecule has 3 aromatic rings. The van der Waals surface area contributed by atoms with Crippen LogP contribution in [-0.2, 0) is 6.54 Å². The molecular formula is C22H25N3O3. The Labute approximate surface area is 164 Å². The van der Waals surface area contributed by atoms with E-state index >= 15 is 0 Å². The van der Waals surface area contributed by atoms with E-state index in [1.807, 2.05) is 43.5 Å². The number of piperidine rings is 1. The molecule has 0 bridgehead atoms. The first-order valence-corrected chi connectivity index (χ1v) is 9.64. The molecule has 3 heterocycles. The molecule has 0 radical (unpaired) electrons. The number of nitrogens with zero attached hydrogens (tertiary/aromatic N) is 2. The van der Waals surface area contributed by atoms with Gasteiger partial charge in [0.25, 0.3) is 5.91 Å². The van der Waals surface area contributed by atoms with Crippen molar-refractivity contribution in [1.29, 1.82) is 0 Å². The average Bonchev–Trinajstić information content (AvgIpc) is 3.05. The molecule has 0 spiro atoms. The second kappa shape index (κ2) is 8.02. The summed E-state index contributed by atoms with van der Waals surface area (Å²) in [5.41, 5.74) is 2.39. The first-order valence-electron chi connectivity index (χ1n) is 9.64. The molecule has 6 nitrogen and oxygen atoms in total. The van der Waals surface area contributed by atoms with Crippen LogP contribution >= 0.6 is 0 Å². The number of amides is 1. The van der Waals surface area contributed by atoms with Gasteiger partial charge in [-0.2, -0.15) is 0 Å². The third kappa shape index (κ3) is 3.87. The molecule has 0 saturated carbocycles. The van der Waals surface area contributed by atoms with Gasteiger partial charge in [0, 0.05) is 37.3 Å². The molecule has 28 heavy (non-hydrogen) atoms. The molecule has 0 atom stereocenters. The molecule has 6 heteroatoms. The lowest BCUT2D eigenvalue weighted by Gasteiger charge is -2.32. The molecule has 1 N–H and O–H groups in total. The van der Waals surface area contributed by atoms with E-state index in [1.54, 1.807) is 7.11 Å². The summed E-state index contributed by atoms with van der Waals surface area (Å²) in [6.07, 6.45) is 3.68. The number of hydrogen-bond acceptors (Lipinski definition) is 5. The number of ether oxygens (including phenoxy) is 1. The summed E-state index contributed by atoms with van der Waals surface area (Å²) < 4.78 is 11.1. The fourth-order valence-electron chi connectivity index (χ4n) is 3.82. The van der Waals surface area contributed by atoms with Crippen LogP contribution in [-0.4, -0.2) is 42.0 Å². The highest BCUT2D eigenvalue weighted by molar-refractivity contribution is 6.07. The van der Waals surface area contributed by atoms with Gasteiger partial charge in [-0.3, -0.25) is 14.7 Å². The van der Waals surface area contributed by atoms with Gasteiger partial charge in [0.2, 0.25) is 0 Å². The van der Waals surface area contributed by atoms with Crippen LogP contribution in [0.1, 0.15) is 34.7 Å². The molecule has 146 valence electrons. The van der Waals surface area contributed by atoms with Gasteiger partial charge in [-0.25, -0.2) is 0 Å². The quantitative estimate of drug-likeness (QED) is 0.734. The zero-order chi connectivity index (χ0) is 19.5. The van der Waals surface area contributed by atoms with Crippen LogP contribution in [0, 0.1) is 6.92 Å². The zero-order valence-electron chi connectivity index (χ0n) is 16.3. The molecule has 0 aliphatic carbocycles. The summed E-state index contributed by atoms with van der Waals surface area (Å²) >= 11 is 0. The number of carbonyl (C=O) groups excluding carboxylic acids is 1. The lowest BCUT2D eigenvalue weighted by molar-refractivity contribution is 0.0908. The van der Waals surface area contributed by atoms with Crippen molar-refractivity contribution in [3.63, 3.8) is 0 Å². The van der Waals surface area contributed by atoms with Crippen LogP contribution in [0.25, 0.3) is 11.0 Å². The maximum Gasteiger partial charge on any atom is 0.255 e. The Morgan fingerprint density at radius 1 is 1.29 bits per heavy atom. The van der Waals surface area contributed by atoms with Crippen LogP contribution in [0.5, 0.6) is 5.75 Å². The van der Waals surface area contributed by atoms with E-state index in [0.29, 0.717) is 22.7 Å². The highest BCUT2D eigenvalue weighted by atomic mass is 16.5. The predicted octanol–water partition coefficient (Wildman–Crippen LogP) is 3.54. The topological polar surface area (TPSA) is 67.6 Å². The summed E-state index contributed by atoms with van der Waals surface area (Å²) in [5.74, 6) is 1.27. The summed E-state index contributed by atoms with van der Waals surface area (Å²) in [6, 6.07) is 11.7. The van der Waals surface area contributed by atoms with Gasteiger partial charge in [0.1, 0.15) is 17.1 Å². The van der Waals surface area contributed by atoms with Gasteiger partial charge in [0.05, 0.1) is 18.4 Å². The number of rotatable bonds is 5. The van der Waals surface area contributed by atoms with E-state index in [-0.39, 0.29) is 11.9 Å². The van der Waals surface area contributed by atoms with Crippen molar-refractivity contribution in [2.75, 3.05) is 20.2 Å². The molecule has 1 fully saturated rings. The van der Waals surface area contributed by atoms with Crippen LogP contribution in [0.4, 0.5) is 0 Å². The normalized spacial score (nSPS) is 15.6. The van der Waals surface area contributed by atoms with E-state index < -0.39 is 0 Å². The largest absolute Gasteiger partial charge is 0.497 e. The standard InChI is InChI=1S/C22H25N3O3/c1-15-21(19-13-18(27-2)6-7-20(19)28-15)22(26)24-16-8-11-25(12-9-16)14-17-5-3-4-10-23-17/h3-7,10,13,16H,8-9,11-12,14H2,1-2H3,(H,24,26). The van der Waals surface area contributed by atoms with Crippen LogP contribution < -0.4 is 10.1 Å². The fraction of sp³-hybridized carbons (Fsp3) is 0.364. The van der Waals surface area contributed by atoms with Crippen LogP contribution in [0.15, 0.2) is 47.0 Å². The van der Waals surface area contributed by atoms with Gasteiger partial charge in [-0.05, 0) is 50.1 Å². The first-order chi connectivity index (χ1) is 13.6. The van der Waals surface area contributed by atoms with Crippen molar-refractivity contribution in [2.24, 2.45) is 0 Å².